The molecule has 0 radical (unpaired) electrons. The Morgan fingerprint density at radius 2 is 1.55 bits per heavy atom. The van der Waals surface area contributed by atoms with Crippen molar-refractivity contribution in [2.45, 2.75) is 70.6 Å². The predicted molar refractivity (Wildman–Crippen MR) is 86.8 cm³/mol. The molecule has 168 valence electrons. The maximum absolute atomic E-state index is 12.9. The predicted octanol–water partition coefficient (Wildman–Crippen LogP) is 2.63. The zero-order chi connectivity index (χ0) is 23.2. The number of hydrogen-bond acceptors (Lipinski definition) is 5. The molecule has 0 aliphatic carbocycles. The Hall–Kier alpha value is -2.05. The van der Waals surface area contributed by atoms with Gasteiger partial charge in [-0.3, -0.25) is 4.79 Å². The summed E-state index contributed by atoms with van der Waals surface area (Å²) in [5.41, 5.74) is -9.19. The monoisotopic (exact) mass is 436 g/mol. The molecule has 1 amide bonds. The van der Waals surface area contributed by atoms with Crippen molar-refractivity contribution >= 4 is 17.6 Å². The first kappa shape index (κ1) is 25.0. The van der Waals surface area contributed by atoms with Crippen LogP contribution < -0.4 is 5.32 Å². The van der Waals surface area contributed by atoms with Gasteiger partial charge in [-0.25, -0.2) is 4.79 Å². The Morgan fingerprint density at radius 3 is 1.86 bits per heavy atom. The number of carboxylic acids is 1. The second kappa shape index (κ2) is 7.33. The maximum atomic E-state index is 12.9. The third-order valence-electron chi connectivity index (χ3n) is 4.96. The number of nitrogens with one attached hydrogen (secondary N) is 1. The highest BCUT2D eigenvalue weighted by atomic mass is 19.4. The molecular weight excluding hydrogens is 414 g/mol. The van der Waals surface area contributed by atoms with Crippen LogP contribution in [0.15, 0.2) is 5.16 Å². The second-order valence-corrected chi connectivity index (χ2v) is 8.07. The van der Waals surface area contributed by atoms with Crippen LogP contribution in [-0.2, 0) is 14.4 Å². The van der Waals surface area contributed by atoms with Gasteiger partial charge in [0.1, 0.15) is 11.3 Å². The Kier molecular flexibility index (Phi) is 6.31. The van der Waals surface area contributed by atoms with Gasteiger partial charge in [-0.2, -0.15) is 26.3 Å². The number of aliphatic carboxylic acids is 1. The lowest BCUT2D eigenvalue weighted by Crippen LogP contribution is -2.67. The van der Waals surface area contributed by atoms with Crippen LogP contribution in [0.4, 0.5) is 26.3 Å². The molecule has 0 fully saturated rings. The van der Waals surface area contributed by atoms with E-state index >= 15 is 0 Å². The molecular formula is C16H22F6N2O5. The lowest BCUT2D eigenvalue weighted by molar-refractivity contribution is -0.392. The molecule has 2 unspecified atom stereocenters. The van der Waals surface area contributed by atoms with Gasteiger partial charge in [0.05, 0.1) is 0 Å². The van der Waals surface area contributed by atoms with Gasteiger partial charge in [-0.05, 0) is 11.3 Å². The lowest BCUT2D eigenvalue weighted by atomic mass is 9.67. The van der Waals surface area contributed by atoms with Gasteiger partial charge in [0.25, 0.3) is 11.5 Å². The molecule has 3 N–H and O–H groups in total. The van der Waals surface area contributed by atoms with Gasteiger partial charge in [0.2, 0.25) is 0 Å². The summed E-state index contributed by atoms with van der Waals surface area (Å²) < 4.78 is 77.6. The maximum Gasteiger partial charge on any atom is 0.430 e. The van der Waals surface area contributed by atoms with E-state index in [2.05, 4.69) is 15.3 Å². The van der Waals surface area contributed by atoms with Crippen molar-refractivity contribution in [3.8, 4) is 0 Å². The second-order valence-electron chi connectivity index (χ2n) is 8.07. The number of aliphatic hydroxyl groups is 1. The Morgan fingerprint density at radius 1 is 1.10 bits per heavy atom. The summed E-state index contributed by atoms with van der Waals surface area (Å²) in [5.74, 6) is -3.48. The average molecular weight is 436 g/mol. The zero-order valence-corrected chi connectivity index (χ0v) is 16.2. The number of hydrogen-bond donors (Lipinski definition) is 3. The topological polar surface area (TPSA) is 108 Å². The standard InChI is InChI=1S/C16H22F6N2O5/c1-7(2)13(11(26)27,12(3,4)5)23-10(25)8-6-9(29-24-8)14(28,15(17,18)19)16(20,21)22/h7,9,28H,6H2,1-5H3,(H,23,25)(H,26,27). The molecule has 1 rings (SSSR count). The van der Waals surface area contributed by atoms with E-state index in [1.165, 1.54) is 34.6 Å². The van der Waals surface area contributed by atoms with Crippen molar-refractivity contribution in [1.29, 1.82) is 0 Å². The zero-order valence-electron chi connectivity index (χ0n) is 16.2. The number of amides is 1. The number of rotatable bonds is 5. The number of carbonyl (C=O) groups is 2. The van der Waals surface area contributed by atoms with Crippen LogP contribution >= 0.6 is 0 Å². The first-order valence-corrected chi connectivity index (χ1v) is 8.38. The van der Waals surface area contributed by atoms with Crippen LogP contribution in [0.25, 0.3) is 0 Å². The van der Waals surface area contributed by atoms with E-state index < -0.39 is 64.9 Å². The molecule has 0 saturated heterocycles. The quantitative estimate of drug-likeness (QED) is 0.575. The minimum Gasteiger partial charge on any atom is -0.479 e. The molecule has 0 aromatic heterocycles. The number of nitrogens with zero attached hydrogens (tertiary/aromatic N) is 1. The first-order valence-electron chi connectivity index (χ1n) is 8.38. The van der Waals surface area contributed by atoms with Crippen molar-refractivity contribution in [1.82, 2.24) is 5.32 Å². The molecule has 0 spiro atoms. The van der Waals surface area contributed by atoms with Crippen molar-refractivity contribution in [2.75, 3.05) is 0 Å². The molecule has 0 aromatic rings. The summed E-state index contributed by atoms with van der Waals surface area (Å²) in [6.45, 7) is 7.42. The smallest absolute Gasteiger partial charge is 0.430 e. The van der Waals surface area contributed by atoms with Gasteiger partial charge in [-0.15, -0.1) is 0 Å². The molecule has 0 bridgehead atoms. The Labute approximate surface area is 162 Å². The molecule has 1 aliphatic heterocycles. The molecule has 0 aromatic carbocycles. The largest absolute Gasteiger partial charge is 0.479 e. The van der Waals surface area contributed by atoms with Gasteiger partial charge in [0.15, 0.2) is 6.10 Å². The van der Waals surface area contributed by atoms with Crippen molar-refractivity contribution in [3.63, 3.8) is 0 Å². The number of halogens is 6. The van der Waals surface area contributed by atoms with Crippen LogP contribution in [0.1, 0.15) is 41.0 Å². The van der Waals surface area contributed by atoms with Gasteiger partial charge in [0, 0.05) is 6.42 Å². The minimum atomic E-state index is -6.16. The number of alkyl halides is 6. The number of carboxylic acid groups (broad SMARTS) is 1. The summed E-state index contributed by atoms with van der Waals surface area (Å²) in [6, 6.07) is 0. The molecule has 1 heterocycles. The van der Waals surface area contributed by atoms with Crippen LogP contribution in [0, 0.1) is 11.3 Å². The van der Waals surface area contributed by atoms with Crippen molar-refractivity contribution < 1.29 is 51.0 Å². The van der Waals surface area contributed by atoms with E-state index in [0.717, 1.165) is 0 Å². The molecule has 7 nitrogen and oxygen atoms in total. The van der Waals surface area contributed by atoms with E-state index in [0.29, 0.717) is 0 Å². The fourth-order valence-corrected chi connectivity index (χ4v) is 3.33. The lowest BCUT2D eigenvalue weighted by Gasteiger charge is -2.44. The highest BCUT2D eigenvalue weighted by Gasteiger charge is 2.76. The summed E-state index contributed by atoms with van der Waals surface area (Å²) in [6.07, 6.45) is -16.6. The molecule has 0 saturated carbocycles. The fourth-order valence-electron chi connectivity index (χ4n) is 3.33. The SMILES string of the molecule is CC(C)C(NC(=O)C1=NOC(C(O)(C(F)(F)F)C(F)(F)F)C1)(C(=O)O)C(C)(C)C. The third kappa shape index (κ3) is 4.01. The summed E-state index contributed by atoms with van der Waals surface area (Å²) in [4.78, 5) is 28.5. The van der Waals surface area contributed by atoms with Crippen LogP contribution in [0.5, 0.6) is 0 Å². The highest BCUT2D eigenvalue weighted by molar-refractivity contribution is 6.39. The van der Waals surface area contributed by atoms with E-state index in [1.807, 2.05) is 0 Å². The Balaban J connectivity index is 3.21. The molecule has 1 aliphatic rings. The van der Waals surface area contributed by atoms with E-state index in [9.17, 15) is 46.1 Å². The molecule has 29 heavy (non-hydrogen) atoms. The average Bonchev–Trinajstić information content (AvgIpc) is 2.97. The van der Waals surface area contributed by atoms with E-state index in [1.54, 1.807) is 0 Å². The number of oxime groups is 1. The van der Waals surface area contributed by atoms with Gasteiger partial charge in [-0.1, -0.05) is 39.8 Å². The Bertz CT molecular complexity index is 681. The van der Waals surface area contributed by atoms with E-state index in [4.69, 9.17) is 0 Å². The van der Waals surface area contributed by atoms with Crippen molar-refractivity contribution in [3.05, 3.63) is 0 Å². The normalized spacial score (nSPS) is 20.7. The van der Waals surface area contributed by atoms with E-state index in [-0.39, 0.29) is 0 Å². The summed E-state index contributed by atoms with van der Waals surface area (Å²) in [7, 11) is 0. The van der Waals surface area contributed by atoms with Crippen molar-refractivity contribution in [2.24, 2.45) is 16.5 Å². The third-order valence-corrected chi connectivity index (χ3v) is 4.96. The van der Waals surface area contributed by atoms with Gasteiger partial charge < -0.3 is 20.4 Å². The van der Waals surface area contributed by atoms with Crippen LogP contribution in [0.3, 0.4) is 0 Å². The minimum absolute atomic E-state index is 0.718. The fraction of sp³-hybridized carbons (Fsp3) is 0.812. The van der Waals surface area contributed by atoms with Crippen LogP contribution in [-0.4, -0.2) is 57.4 Å². The van der Waals surface area contributed by atoms with Crippen LogP contribution in [0.2, 0.25) is 0 Å². The molecule has 13 heteroatoms. The first-order chi connectivity index (χ1) is 12.7. The number of carbonyl (C=O) groups excluding carboxylic acids is 1. The summed E-state index contributed by atoms with van der Waals surface area (Å²) in [5, 5.41) is 24.2. The highest BCUT2D eigenvalue weighted by Crippen LogP contribution is 2.48. The summed E-state index contributed by atoms with van der Waals surface area (Å²) >= 11 is 0. The van der Waals surface area contributed by atoms with Gasteiger partial charge >= 0.3 is 18.3 Å². The molecule has 2 atom stereocenters.